The molecule has 1 heterocycles. The summed E-state index contributed by atoms with van der Waals surface area (Å²) in [5, 5.41) is 10.1. The van der Waals surface area contributed by atoms with Crippen LogP contribution in [0.1, 0.15) is 0 Å². The second-order valence-corrected chi connectivity index (χ2v) is 2.96. The van der Waals surface area contributed by atoms with Gasteiger partial charge in [0.25, 0.3) is 5.82 Å². The molecule has 2 N–H and O–H groups in total. The van der Waals surface area contributed by atoms with Crippen LogP contribution in [0.15, 0.2) is 12.1 Å². The summed E-state index contributed by atoms with van der Waals surface area (Å²) in [7, 11) is 0. The molecule has 0 spiro atoms. The Kier molecular flexibility index (Phi) is 2.22. The third-order valence-corrected chi connectivity index (χ3v) is 1.96. The van der Waals surface area contributed by atoms with Crippen LogP contribution in [0.4, 0.5) is 11.6 Å². The Bertz CT molecular complexity index is 302. The summed E-state index contributed by atoms with van der Waals surface area (Å²) in [6, 6.07) is 2.87. The van der Waals surface area contributed by atoms with E-state index in [1.807, 2.05) is 22.6 Å². The molecule has 11 heavy (non-hydrogen) atoms. The Balaban J connectivity index is 3.15. The van der Waals surface area contributed by atoms with E-state index >= 15 is 0 Å². The predicted molar refractivity (Wildman–Crippen MR) is 48.0 cm³/mol. The lowest BCUT2D eigenvalue weighted by Crippen LogP contribution is -1.98. The molecular weight excluding hydrogens is 261 g/mol. The van der Waals surface area contributed by atoms with Crippen LogP contribution < -0.4 is 5.73 Å². The zero-order valence-electron chi connectivity index (χ0n) is 5.32. The number of aromatic nitrogens is 1. The summed E-state index contributed by atoms with van der Waals surface area (Å²) < 4.78 is 0.716. The highest BCUT2D eigenvalue weighted by molar-refractivity contribution is 14.1. The maximum Gasteiger partial charge on any atom is 0.365 e. The molecule has 0 fully saturated rings. The lowest BCUT2D eigenvalue weighted by molar-refractivity contribution is -0.389. The van der Waals surface area contributed by atoms with Gasteiger partial charge in [0.15, 0.2) is 0 Å². The van der Waals surface area contributed by atoms with E-state index in [9.17, 15) is 10.1 Å². The molecule has 0 aromatic carbocycles. The molecule has 0 saturated heterocycles. The molecule has 0 aliphatic heterocycles. The van der Waals surface area contributed by atoms with Crippen molar-refractivity contribution < 1.29 is 4.92 Å². The Morgan fingerprint density at radius 1 is 1.64 bits per heavy atom. The minimum absolute atomic E-state index is 0.194. The number of halogens is 1. The van der Waals surface area contributed by atoms with Gasteiger partial charge < -0.3 is 15.8 Å². The van der Waals surface area contributed by atoms with Crippen molar-refractivity contribution in [3.05, 3.63) is 25.8 Å². The maximum atomic E-state index is 10.1. The monoisotopic (exact) mass is 265 g/mol. The summed E-state index contributed by atoms with van der Waals surface area (Å²) in [5.74, 6) is -0.0253. The van der Waals surface area contributed by atoms with Gasteiger partial charge >= 0.3 is 5.82 Å². The van der Waals surface area contributed by atoms with E-state index in [1.165, 1.54) is 6.07 Å². The minimum Gasteiger partial charge on any atom is -0.362 e. The van der Waals surface area contributed by atoms with E-state index in [-0.39, 0.29) is 11.6 Å². The molecule has 0 saturated carbocycles. The first-order chi connectivity index (χ1) is 5.11. The van der Waals surface area contributed by atoms with Gasteiger partial charge in [-0.05, 0) is 38.6 Å². The van der Waals surface area contributed by atoms with Gasteiger partial charge in [-0.1, -0.05) is 0 Å². The van der Waals surface area contributed by atoms with E-state index in [2.05, 4.69) is 4.98 Å². The minimum atomic E-state index is -0.577. The van der Waals surface area contributed by atoms with Gasteiger partial charge in [-0.2, -0.15) is 0 Å². The van der Waals surface area contributed by atoms with Gasteiger partial charge in [0.2, 0.25) is 0 Å². The number of hydrogen-bond donors (Lipinski definition) is 1. The Hall–Kier alpha value is -0.920. The van der Waals surface area contributed by atoms with E-state index in [0.717, 1.165) is 0 Å². The topological polar surface area (TPSA) is 82.0 Å². The molecule has 0 aliphatic carbocycles. The second kappa shape index (κ2) is 2.99. The van der Waals surface area contributed by atoms with Gasteiger partial charge in [0.05, 0.1) is 3.57 Å². The molecule has 0 atom stereocenters. The van der Waals surface area contributed by atoms with Crippen LogP contribution in [-0.2, 0) is 0 Å². The van der Waals surface area contributed by atoms with Gasteiger partial charge in [-0.3, -0.25) is 0 Å². The summed E-state index contributed by atoms with van der Waals surface area (Å²) in [6.07, 6.45) is 0. The molecule has 1 aromatic rings. The van der Waals surface area contributed by atoms with Gasteiger partial charge in [0, 0.05) is 6.07 Å². The first kappa shape index (κ1) is 8.18. The number of anilines is 1. The number of nitro groups is 1. The molecule has 0 unspecified atom stereocenters. The molecule has 0 radical (unpaired) electrons. The SMILES string of the molecule is Nc1nc([N+](=O)[O-])ccc1I. The summed E-state index contributed by atoms with van der Waals surface area (Å²) >= 11 is 1.95. The van der Waals surface area contributed by atoms with Crippen molar-refractivity contribution >= 4 is 34.2 Å². The predicted octanol–water partition coefficient (Wildman–Crippen LogP) is 1.18. The highest BCUT2D eigenvalue weighted by Crippen LogP contribution is 2.15. The normalized spacial score (nSPS) is 9.55. The lowest BCUT2D eigenvalue weighted by Gasteiger charge is -1.92. The van der Waals surface area contributed by atoms with Crippen molar-refractivity contribution in [1.29, 1.82) is 0 Å². The van der Waals surface area contributed by atoms with Crippen LogP contribution in [0.25, 0.3) is 0 Å². The summed E-state index contributed by atoms with van der Waals surface area (Å²) in [6.45, 7) is 0. The van der Waals surface area contributed by atoms with Crippen LogP contribution in [0.5, 0.6) is 0 Å². The number of nitrogens with two attached hydrogens (primary N) is 1. The van der Waals surface area contributed by atoms with Crippen molar-refractivity contribution in [3.63, 3.8) is 0 Å². The smallest absolute Gasteiger partial charge is 0.362 e. The fourth-order valence-electron chi connectivity index (χ4n) is 0.549. The average molecular weight is 265 g/mol. The number of nitrogen functional groups attached to an aromatic ring is 1. The van der Waals surface area contributed by atoms with Crippen LogP contribution in [-0.4, -0.2) is 9.91 Å². The van der Waals surface area contributed by atoms with Crippen molar-refractivity contribution in [2.75, 3.05) is 5.73 Å². The number of rotatable bonds is 1. The molecule has 1 aromatic heterocycles. The van der Waals surface area contributed by atoms with Gasteiger partial charge in [-0.15, -0.1) is 0 Å². The molecule has 0 bridgehead atoms. The number of hydrogen-bond acceptors (Lipinski definition) is 4. The molecular formula is C5H4IN3O2. The molecule has 5 nitrogen and oxygen atoms in total. The standard InChI is InChI=1S/C5H4IN3O2/c6-3-1-2-4(9(10)11)8-5(3)7/h1-2H,(H2,7,8). The number of nitrogens with zero attached hydrogens (tertiary/aromatic N) is 2. The van der Waals surface area contributed by atoms with Crippen LogP contribution in [0, 0.1) is 13.7 Å². The largest absolute Gasteiger partial charge is 0.365 e. The van der Waals surface area contributed by atoms with E-state index in [4.69, 9.17) is 5.73 Å². The quantitative estimate of drug-likeness (QED) is 0.469. The third kappa shape index (κ3) is 1.76. The first-order valence-electron chi connectivity index (χ1n) is 2.67. The first-order valence-corrected chi connectivity index (χ1v) is 3.75. The molecule has 1 rings (SSSR count). The Labute approximate surface area is 75.9 Å². The van der Waals surface area contributed by atoms with Crippen molar-refractivity contribution in [2.45, 2.75) is 0 Å². The van der Waals surface area contributed by atoms with Crippen LogP contribution in [0.3, 0.4) is 0 Å². The zero-order chi connectivity index (χ0) is 8.43. The summed E-state index contributed by atoms with van der Waals surface area (Å²) in [5.41, 5.74) is 5.34. The Morgan fingerprint density at radius 2 is 2.27 bits per heavy atom. The third-order valence-electron chi connectivity index (χ3n) is 1.05. The second-order valence-electron chi connectivity index (χ2n) is 1.79. The highest BCUT2D eigenvalue weighted by atomic mass is 127. The zero-order valence-corrected chi connectivity index (χ0v) is 7.48. The number of pyridine rings is 1. The van der Waals surface area contributed by atoms with Crippen LogP contribution in [0.2, 0.25) is 0 Å². The van der Waals surface area contributed by atoms with Crippen molar-refractivity contribution in [2.24, 2.45) is 0 Å². The van der Waals surface area contributed by atoms with Gasteiger partial charge in [-0.25, -0.2) is 0 Å². The highest BCUT2D eigenvalue weighted by Gasteiger charge is 2.09. The summed E-state index contributed by atoms with van der Waals surface area (Å²) in [4.78, 5) is 13.1. The molecule has 58 valence electrons. The molecule has 0 amide bonds. The molecule has 0 aliphatic rings. The fraction of sp³-hybridized carbons (Fsp3) is 0. The lowest BCUT2D eigenvalue weighted by atomic mass is 10.4. The van der Waals surface area contributed by atoms with Crippen molar-refractivity contribution in [3.8, 4) is 0 Å². The van der Waals surface area contributed by atoms with E-state index < -0.39 is 4.92 Å². The van der Waals surface area contributed by atoms with E-state index in [1.54, 1.807) is 6.07 Å². The average Bonchev–Trinajstić information content (AvgIpc) is 1.94. The fourth-order valence-corrected chi connectivity index (χ4v) is 0.849. The molecule has 6 heteroatoms. The van der Waals surface area contributed by atoms with Crippen molar-refractivity contribution in [1.82, 2.24) is 4.98 Å². The van der Waals surface area contributed by atoms with E-state index in [0.29, 0.717) is 3.57 Å². The van der Waals surface area contributed by atoms with Crippen LogP contribution >= 0.6 is 22.6 Å². The van der Waals surface area contributed by atoms with Gasteiger partial charge in [0.1, 0.15) is 0 Å². The Morgan fingerprint density at radius 3 is 2.73 bits per heavy atom. The maximum absolute atomic E-state index is 10.1.